The molecule has 0 fully saturated rings. The predicted molar refractivity (Wildman–Crippen MR) is 101 cm³/mol. The van der Waals surface area contributed by atoms with E-state index in [9.17, 15) is 4.79 Å². The monoisotopic (exact) mass is 353 g/mol. The number of nitrogens with zero attached hydrogens (tertiary/aromatic N) is 2. The zero-order valence-electron chi connectivity index (χ0n) is 14.3. The maximum atomic E-state index is 12.3. The lowest BCUT2D eigenvalue weighted by atomic mass is 10.1. The number of amides is 1. The number of hydrogen-bond donors (Lipinski definition) is 1. The summed E-state index contributed by atoms with van der Waals surface area (Å²) in [7, 11) is 0. The van der Waals surface area contributed by atoms with Crippen LogP contribution in [0.15, 0.2) is 72.8 Å². The smallest absolute Gasteiger partial charge is 0.255 e. The van der Waals surface area contributed by atoms with Crippen molar-refractivity contribution >= 4 is 11.6 Å². The van der Waals surface area contributed by atoms with Gasteiger partial charge < -0.3 is 10.1 Å². The molecule has 3 aromatic rings. The molecule has 0 aliphatic heterocycles. The highest BCUT2D eigenvalue weighted by molar-refractivity contribution is 6.04. The van der Waals surface area contributed by atoms with Gasteiger partial charge in [-0.05, 0) is 60.2 Å². The van der Waals surface area contributed by atoms with Crippen LogP contribution < -0.4 is 10.1 Å². The molecule has 3 rings (SSSR count). The van der Waals surface area contributed by atoms with Crippen molar-refractivity contribution in [1.29, 1.82) is 10.5 Å². The molecule has 130 valence electrons. The van der Waals surface area contributed by atoms with E-state index in [1.54, 1.807) is 54.6 Å². The first kappa shape index (κ1) is 17.7. The predicted octanol–water partition coefficient (Wildman–Crippen LogP) is 4.26. The summed E-state index contributed by atoms with van der Waals surface area (Å²) in [5.41, 5.74) is 3.05. The molecule has 0 heterocycles. The van der Waals surface area contributed by atoms with E-state index in [0.29, 0.717) is 34.7 Å². The normalized spacial score (nSPS) is 9.70. The van der Waals surface area contributed by atoms with Crippen LogP contribution in [0.1, 0.15) is 27.0 Å². The van der Waals surface area contributed by atoms with E-state index in [1.165, 1.54) is 0 Å². The van der Waals surface area contributed by atoms with Crippen molar-refractivity contribution in [2.75, 3.05) is 5.32 Å². The third kappa shape index (κ3) is 4.72. The number of ether oxygens (including phenoxy) is 1. The zero-order chi connectivity index (χ0) is 19.1. The van der Waals surface area contributed by atoms with Gasteiger partial charge in [-0.1, -0.05) is 18.2 Å². The standard InChI is InChI=1S/C22H15N3O2/c23-13-16-7-9-19(10-8-16)22(26)25-20-5-1-4-18(11-20)15-27-21-6-2-3-17(12-21)14-24/h1-12H,15H2,(H,25,26). The van der Waals surface area contributed by atoms with E-state index >= 15 is 0 Å². The molecular weight excluding hydrogens is 338 g/mol. The Morgan fingerprint density at radius 1 is 0.889 bits per heavy atom. The molecule has 5 nitrogen and oxygen atoms in total. The Morgan fingerprint density at radius 3 is 2.37 bits per heavy atom. The molecule has 0 saturated heterocycles. The largest absolute Gasteiger partial charge is 0.489 e. The molecule has 0 aliphatic carbocycles. The van der Waals surface area contributed by atoms with Crippen molar-refractivity contribution in [1.82, 2.24) is 0 Å². The molecule has 0 aliphatic rings. The second-order valence-corrected chi connectivity index (χ2v) is 5.77. The Morgan fingerprint density at radius 2 is 1.63 bits per heavy atom. The van der Waals surface area contributed by atoms with Crippen molar-refractivity contribution < 1.29 is 9.53 Å². The Kier molecular flexibility index (Phi) is 5.47. The lowest BCUT2D eigenvalue weighted by Gasteiger charge is -2.09. The number of hydrogen-bond acceptors (Lipinski definition) is 4. The average molecular weight is 353 g/mol. The van der Waals surface area contributed by atoms with Gasteiger partial charge in [-0.25, -0.2) is 0 Å². The molecule has 0 atom stereocenters. The van der Waals surface area contributed by atoms with Crippen LogP contribution in [-0.4, -0.2) is 5.91 Å². The fraction of sp³-hybridized carbons (Fsp3) is 0.0455. The van der Waals surface area contributed by atoms with Crippen LogP contribution in [0, 0.1) is 22.7 Å². The highest BCUT2D eigenvalue weighted by atomic mass is 16.5. The number of nitrogens with one attached hydrogen (secondary N) is 1. The van der Waals surface area contributed by atoms with Crippen LogP contribution in [0.5, 0.6) is 5.75 Å². The minimum Gasteiger partial charge on any atom is -0.489 e. The third-order valence-electron chi connectivity index (χ3n) is 3.83. The van der Waals surface area contributed by atoms with Gasteiger partial charge in [-0.2, -0.15) is 10.5 Å². The Hall–Kier alpha value is -4.09. The first-order valence-corrected chi connectivity index (χ1v) is 8.21. The van der Waals surface area contributed by atoms with Crippen LogP contribution in [0.4, 0.5) is 5.69 Å². The zero-order valence-corrected chi connectivity index (χ0v) is 14.3. The summed E-state index contributed by atoms with van der Waals surface area (Å²) in [6.07, 6.45) is 0. The number of anilines is 1. The van der Waals surface area contributed by atoms with E-state index in [1.807, 2.05) is 24.3 Å². The Bertz CT molecular complexity index is 1040. The fourth-order valence-electron chi connectivity index (χ4n) is 2.46. The highest BCUT2D eigenvalue weighted by Gasteiger charge is 2.07. The first-order valence-electron chi connectivity index (χ1n) is 8.21. The first-order chi connectivity index (χ1) is 13.2. The fourth-order valence-corrected chi connectivity index (χ4v) is 2.46. The topological polar surface area (TPSA) is 85.9 Å². The third-order valence-corrected chi connectivity index (χ3v) is 3.83. The summed E-state index contributed by atoms with van der Waals surface area (Å²) >= 11 is 0. The van der Waals surface area contributed by atoms with Crippen molar-refractivity contribution in [2.24, 2.45) is 0 Å². The maximum Gasteiger partial charge on any atom is 0.255 e. The molecule has 0 aromatic heterocycles. The van der Waals surface area contributed by atoms with Crippen molar-refractivity contribution in [3.05, 3.63) is 95.1 Å². The lowest BCUT2D eigenvalue weighted by Crippen LogP contribution is -2.12. The van der Waals surface area contributed by atoms with Crippen molar-refractivity contribution in [2.45, 2.75) is 6.61 Å². The summed E-state index contributed by atoms with van der Waals surface area (Å²) < 4.78 is 5.71. The molecule has 1 N–H and O–H groups in total. The van der Waals surface area contributed by atoms with Gasteiger partial charge in [-0.3, -0.25) is 4.79 Å². The average Bonchev–Trinajstić information content (AvgIpc) is 2.72. The number of nitriles is 2. The van der Waals surface area contributed by atoms with Gasteiger partial charge in [0.1, 0.15) is 12.4 Å². The van der Waals surface area contributed by atoms with Crippen molar-refractivity contribution in [3.8, 4) is 17.9 Å². The van der Waals surface area contributed by atoms with Crippen LogP contribution in [-0.2, 0) is 6.61 Å². The number of rotatable bonds is 5. The molecule has 0 radical (unpaired) electrons. The van der Waals surface area contributed by atoms with Gasteiger partial charge in [0.2, 0.25) is 0 Å². The van der Waals surface area contributed by atoms with E-state index in [-0.39, 0.29) is 5.91 Å². The summed E-state index contributed by atoms with van der Waals surface area (Å²) in [6, 6.07) is 24.8. The minimum atomic E-state index is -0.251. The highest BCUT2D eigenvalue weighted by Crippen LogP contribution is 2.17. The van der Waals surface area contributed by atoms with Crippen LogP contribution in [0.25, 0.3) is 0 Å². The summed E-state index contributed by atoms with van der Waals surface area (Å²) in [5, 5.41) is 20.6. The molecule has 1 amide bonds. The number of carbonyl (C=O) groups is 1. The molecule has 27 heavy (non-hydrogen) atoms. The SMILES string of the molecule is N#Cc1ccc(C(=O)Nc2cccc(COc3cccc(C#N)c3)c2)cc1. The number of carbonyl (C=O) groups excluding carboxylic acids is 1. The number of benzene rings is 3. The van der Waals surface area contributed by atoms with Crippen LogP contribution >= 0.6 is 0 Å². The second kappa shape index (κ2) is 8.33. The Balaban J connectivity index is 1.65. The summed E-state index contributed by atoms with van der Waals surface area (Å²) in [6.45, 7) is 0.315. The van der Waals surface area contributed by atoms with Gasteiger partial charge in [0.15, 0.2) is 0 Å². The van der Waals surface area contributed by atoms with Crippen molar-refractivity contribution in [3.63, 3.8) is 0 Å². The van der Waals surface area contributed by atoms with Gasteiger partial charge in [0.05, 0.1) is 23.3 Å². The molecule has 0 unspecified atom stereocenters. The summed E-state index contributed by atoms with van der Waals surface area (Å²) in [5.74, 6) is 0.361. The molecule has 5 heteroatoms. The van der Waals surface area contributed by atoms with Crippen LogP contribution in [0.2, 0.25) is 0 Å². The van der Waals surface area contributed by atoms with Gasteiger partial charge in [-0.15, -0.1) is 0 Å². The van der Waals surface area contributed by atoms with Gasteiger partial charge >= 0.3 is 0 Å². The molecule has 0 bridgehead atoms. The van der Waals surface area contributed by atoms with E-state index in [0.717, 1.165) is 5.56 Å². The molecule has 3 aromatic carbocycles. The summed E-state index contributed by atoms with van der Waals surface area (Å²) in [4.78, 5) is 12.3. The molecule has 0 spiro atoms. The quantitative estimate of drug-likeness (QED) is 0.742. The molecular formula is C22H15N3O2. The van der Waals surface area contributed by atoms with E-state index < -0.39 is 0 Å². The second-order valence-electron chi connectivity index (χ2n) is 5.77. The Labute approximate surface area is 157 Å². The van der Waals surface area contributed by atoms with Crippen LogP contribution in [0.3, 0.4) is 0 Å². The van der Waals surface area contributed by atoms with E-state index in [2.05, 4.69) is 11.4 Å². The van der Waals surface area contributed by atoms with E-state index in [4.69, 9.17) is 15.3 Å². The maximum absolute atomic E-state index is 12.3. The lowest BCUT2D eigenvalue weighted by molar-refractivity contribution is 0.102. The minimum absolute atomic E-state index is 0.251. The van der Waals surface area contributed by atoms with Gasteiger partial charge in [0, 0.05) is 11.3 Å². The van der Waals surface area contributed by atoms with Gasteiger partial charge in [0.25, 0.3) is 5.91 Å². The molecule has 0 saturated carbocycles.